The van der Waals surface area contributed by atoms with Crippen LogP contribution in [0.15, 0.2) is 48.5 Å². The van der Waals surface area contributed by atoms with E-state index in [2.05, 4.69) is 57.2 Å². The van der Waals surface area contributed by atoms with E-state index in [-0.39, 0.29) is 11.5 Å². The van der Waals surface area contributed by atoms with Gasteiger partial charge >= 0.3 is 0 Å². The van der Waals surface area contributed by atoms with E-state index in [0.717, 1.165) is 17.7 Å². The largest absolute Gasteiger partial charge is 0.494 e. The Morgan fingerprint density at radius 2 is 1.55 bits per heavy atom. The minimum atomic E-state index is 0.0103. The molecule has 2 rings (SSSR count). The van der Waals surface area contributed by atoms with Crippen molar-refractivity contribution < 1.29 is 4.74 Å². The quantitative estimate of drug-likeness (QED) is 0.873. The molecule has 0 saturated heterocycles. The predicted molar refractivity (Wildman–Crippen MR) is 93.4 cm³/mol. The first kappa shape index (κ1) is 16.6. The van der Waals surface area contributed by atoms with Crippen LogP contribution in [0.25, 0.3) is 0 Å². The summed E-state index contributed by atoms with van der Waals surface area (Å²) in [6, 6.07) is 16.9. The van der Waals surface area contributed by atoms with E-state index in [1.54, 1.807) is 0 Å². The highest BCUT2D eigenvalue weighted by molar-refractivity contribution is 5.32. The molecule has 118 valence electrons. The Balaban J connectivity index is 2.03. The molecule has 1 atom stereocenters. The SMILES string of the molecule is CCOc1ccc(C(N)Cc2ccc(C(C)(C)C)cc2)cc1. The van der Waals surface area contributed by atoms with Crippen molar-refractivity contribution in [2.45, 2.75) is 45.6 Å². The Morgan fingerprint density at radius 1 is 0.955 bits per heavy atom. The first-order chi connectivity index (χ1) is 10.4. The van der Waals surface area contributed by atoms with Gasteiger partial charge in [-0.1, -0.05) is 57.2 Å². The van der Waals surface area contributed by atoms with E-state index >= 15 is 0 Å². The molecule has 0 heterocycles. The topological polar surface area (TPSA) is 35.2 Å². The van der Waals surface area contributed by atoms with Crippen LogP contribution in [0.4, 0.5) is 0 Å². The van der Waals surface area contributed by atoms with E-state index < -0.39 is 0 Å². The highest BCUT2D eigenvalue weighted by Gasteiger charge is 2.13. The van der Waals surface area contributed by atoms with Crippen LogP contribution >= 0.6 is 0 Å². The van der Waals surface area contributed by atoms with Crippen LogP contribution in [-0.2, 0) is 11.8 Å². The Hall–Kier alpha value is -1.80. The summed E-state index contributed by atoms with van der Waals surface area (Å²) in [5, 5.41) is 0. The first-order valence-electron chi connectivity index (χ1n) is 7.98. The second kappa shape index (κ2) is 6.97. The third-order valence-electron chi connectivity index (χ3n) is 3.89. The molecule has 0 bridgehead atoms. The van der Waals surface area contributed by atoms with Crippen LogP contribution in [0.5, 0.6) is 5.75 Å². The predicted octanol–water partition coefficient (Wildman–Crippen LogP) is 4.63. The van der Waals surface area contributed by atoms with Gasteiger partial charge in [0.05, 0.1) is 6.61 Å². The Labute approximate surface area is 134 Å². The van der Waals surface area contributed by atoms with Gasteiger partial charge in [-0.2, -0.15) is 0 Å². The molecular formula is C20H27NO. The molecule has 2 aromatic rings. The minimum Gasteiger partial charge on any atom is -0.494 e. The third kappa shape index (κ3) is 4.35. The summed E-state index contributed by atoms with van der Waals surface area (Å²) < 4.78 is 5.46. The van der Waals surface area contributed by atoms with Crippen molar-refractivity contribution in [2.24, 2.45) is 5.73 Å². The summed E-state index contributed by atoms with van der Waals surface area (Å²) in [4.78, 5) is 0. The standard InChI is InChI=1S/C20H27NO/c1-5-22-18-12-8-16(9-13-18)19(21)14-15-6-10-17(11-7-15)20(2,3)4/h6-13,19H,5,14,21H2,1-4H3. The highest BCUT2D eigenvalue weighted by Crippen LogP contribution is 2.24. The van der Waals surface area contributed by atoms with Gasteiger partial charge in [-0.25, -0.2) is 0 Å². The Morgan fingerprint density at radius 3 is 2.05 bits per heavy atom. The molecule has 0 aliphatic rings. The molecule has 1 unspecified atom stereocenters. The third-order valence-corrected chi connectivity index (χ3v) is 3.89. The molecule has 2 N–H and O–H groups in total. The number of rotatable bonds is 5. The van der Waals surface area contributed by atoms with Gasteiger partial charge in [0.25, 0.3) is 0 Å². The lowest BCUT2D eigenvalue weighted by molar-refractivity contribution is 0.340. The molecule has 0 aliphatic carbocycles. The average molecular weight is 297 g/mol. The monoisotopic (exact) mass is 297 g/mol. The van der Waals surface area contributed by atoms with Gasteiger partial charge in [-0.15, -0.1) is 0 Å². The fourth-order valence-electron chi connectivity index (χ4n) is 2.49. The van der Waals surface area contributed by atoms with Crippen LogP contribution in [0.2, 0.25) is 0 Å². The Kier molecular flexibility index (Phi) is 5.25. The van der Waals surface area contributed by atoms with Gasteiger partial charge in [-0.05, 0) is 47.6 Å². The maximum absolute atomic E-state index is 6.33. The molecular weight excluding hydrogens is 270 g/mol. The van der Waals surface area contributed by atoms with Crippen molar-refractivity contribution in [3.8, 4) is 5.75 Å². The minimum absolute atomic E-state index is 0.0103. The molecule has 0 amide bonds. The van der Waals surface area contributed by atoms with E-state index in [1.165, 1.54) is 11.1 Å². The number of benzene rings is 2. The summed E-state index contributed by atoms with van der Waals surface area (Å²) in [6.45, 7) is 9.36. The maximum Gasteiger partial charge on any atom is 0.119 e. The van der Waals surface area contributed by atoms with Crippen molar-refractivity contribution in [3.05, 3.63) is 65.2 Å². The fourth-order valence-corrected chi connectivity index (χ4v) is 2.49. The second-order valence-corrected chi connectivity index (χ2v) is 6.76. The van der Waals surface area contributed by atoms with Gasteiger partial charge in [-0.3, -0.25) is 0 Å². The lowest BCUT2D eigenvalue weighted by Crippen LogP contribution is -2.14. The van der Waals surface area contributed by atoms with E-state index in [9.17, 15) is 0 Å². The molecule has 2 nitrogen and oxygen atoms in total. The zero-order valence-corrected chi connectivity index (χ0v) is 14.1. The van der Waals surface area contributed by atoms with Crippen molar-refractivity contribution in [1.82, 2.24) is 0 Å². The fraction of sp³-hybridized carbons (Fsp3) is 0.400. The van der Waals surface area contributed by atoms with E-state index in [4.69, 9.17) is 10.5 Å². The number of ether oxygens (including phenoxy) is 1. The first-order valence-corrected chi connectivity index (χ1v) is 7.98. The molecule has 0 radical (unpaired) electrons. The van der Waals surface area contributed by atoms with Gasteiger partial charge < -0.3 is 10.5 Å². The molecule has 0 saturated carbocycles. The highest BCUT2D eigenvalue weighted by atomic mass is 16.5. The second-order valence-electron chi connectivity index (χ2n) is 6.76. The number of nitrogens with two attached hydrogens (primary N) is 1. The molecule has 0 aliphatic heterocycles. The molecule has 0 fully saturated rings. The number of hydrogen-bond donors (Lipinski definition) is 1. The lowest BCUT2D eigenvalue weighted by Gasteiger charge is -2.19. The zero-order valence-electron chi connectivity index (χ0n) is 14.1. The van der Waals surface area contributed by atoms with Crippen molar-refractivity contribution in [3.63, 3.8) is 0 Å². The summed E-state index contributed by atoms with van der Waals surface area (Å²) in [7, 11) is 0. The molecule has 2 aromatic carbocycles. The van der Waals surface area contributed by atoms with Crippen LogP contribution < -0.4 is 10.5 Å². The average Bonchev–Trinajstić information content (AvgIpc) is 2.48. The van der Waals surface area contributed by atoms with Gasteiger partial charge in [0.2, 0.25) is 0 Å². The van der Waals surface area contributed by atoms with Gasteiger partial charge in [0.15, 0.2) is 0 Å². The zero-order chi connectivity index (χ0) is 16.2. The molecule has 2 heteroatoms. The van der Waals surface area contributed by atoms with Gasteiger partial charge in [0, 0.05) is 6.04 Å². The van der Waals surface area contributed by atoms with Crippen LogP contribution in [0, 0.1) is 0 Å². The summed E-state index contributed by atoms with van der Waals surface area (Å²) in [6.07, 6.45) is 0.846. The maximum atomic E-state index is 6.33. The van der Waals surface area contributed by atoms with Crippen LogP contribution in [-0.4, -0.2) is 6.61 Å². The molecule has 0 aromatic heterocycles. The lowest BCUT2D eigenvalue weighted by atomic mass is 9.86. The smallest absolute Gasteiger partial charge is 0.119 e. The van der Waals surface area contributed by atoms with Crippen LogP contribution in [0.3, 0.4) is 0 Å². The van der Waals surface area contributed by atoms with Crippen molar-refractivity contribution in [1.29, 1.82) is 0 Å². The van der Waals surface area contributed by atoms with Gasteiger partial charge in [0.1, 0.15) is 5.75 Å². The van der Waals surface area contributed by atoms with Crippen molar-refractivity contribution in [2.75, 3.05) is 6.61 Å². The normalized spacial score (nSPS) is 13.0. The molecule has 22 heavy (non-hydrogen) atoms. The summed E-state index contributed by atoms with van der Waals surface area (Å²) in [5.41, 5.74) is 10.3. The summed E-state index contributed by atoms with van der Waals surface area (Å²) in [5.74, 6) is 0.896. The number of hydrogen-bond acceptors (Lipinski definition) is 2. The van der Waals surface area contributed by atoms with E-state index in [0.29, 0.717) is 6.61 Å². The van der Waals surface area contributed by atoms with E-state index in [1.807, 2.05) is 19.1 Å². The summed E-state index contributed by atoms with van der Waals surface area (Å²) >= 11 is 0. The Bertz CT molecular complexity index is 579. The van der Waals surface area contributed by atoms with Crippen LogP contribution in [0.1, 0.15) is 50.4 Å². The molecule has 0 spiro atoms. The van der Waals surface area contributed by atoms with Crippen molar-refractivity contribution >= 4 is 0 Å².